The molecule has 8 heteroatoms. The smallest absolute Gasteiger partial charge is 0.265 e. The molecular weight excluding hydrogens is 252 g/mol. The predicted octanol–water partition coefficient (Wildman–Crippen LogP) is 0.445. The fraction of sp³-hybridized carbons (Fsp3) is 0.400. The Morgan fingerprint density at radius 3 is 2.83 bits per heavy atom. The minimum absolute atomic E-state index is 0.0822. The first kappa shape index (κ1) is 12.7. The summed E-state index contributed by atoms with van der Waals surface area (Å²) in [5.74, 6) is 0.536. The van der Waals surface area contributed by atoms with E-state index in [0.29, 0.717) is 15.8 Å². The summed E-state index contributed by atoms with van der Waals surface area (Å²) in [6.45, 7) is 1.82. The standard InChI is InChI=1S/C10H14N6OS/c1-6(11)8-13-5-14-16(8)10-12-4-7(18-10)9(17)15(2)3/h4-6H,11H2,1-3H3. The van der Waals surface area contributed by atoms with Crippen LogP contribution in [0.1, 0.15) is 28.5 Å². The van der Waals surface area contributed by atoms with E-state index >= 15 is 0 Å². The van der Waals surface area contributed by atoms with Gasteiger partial charge in [-0.3, -0.25) is 4.79 Å². The van der Waals surface area contributed by atoms with Gasteiger partial charge in [-0.15, -0.1) is 0 Å². The van der Waals surface area contributed by atoms with Crippen molar-refractivity contribution in [2.24, 2.45) is 5.73 Å². The number of carbonyl (C=O) groups is 1. The molecule has 2 aromatic heterocycles. The van der Waals surface area contributed by atoms with Crippen molar-refractivity contribution in [2.45, 2.75) is 13.0 Å². The van der Waals surface area contributed by atoms with Crippen molar-refractivity contribution in [3.05, 3.63) is 23.2 Å². The Balaban J connectivity index is 2.35. The summed E-state index contributed by atoms with van der Waals surface area (Å²) >= 11 is 1.26. The van der Waals surface area contributed by atoms with Gasteiger partial charge in [-0.25, -0.2) is 9.97 Å². The minimum atomic E-state index is -0.246. The van der Waals surface area contributed by atoms with Crippen LogP contribution in [0.3, 0.4) is 0 Å². The highest BCUT2D eigenvalue weighted by Crippen LogP contribution is 2.20. The van der Waals surface area contributed by atoms with E-state index in [9.17, 15) is 4.79 Å². The van der Waals surface area contributed by atoms with Gasteiger partial charge in [-0.05, 0) is 6.92 Å². The molecule has 0 saturated heterocycles. The van der Waals surface area contributed by atoms with E-state index in [-0.39, 0.29) is 11.9 Å². The van der Waals surface area contributed by atoms with Gasteiger partial charge in [-0.2, -0.15) is 9.78 Å². The van der Waals surface area contributed by atoms with Crippen molar-refractivity contribution in [1.82, 2.24) is 24.6 Å². The highest BCUT2D eigenvalue weighted by atomic mass is 32.1. The molecule has 96 valence electrons. The third-order valence-electron chi connectivity index (χ3n) is 2.27. The zero-order valence-corrected chi connectivity index (χ0v) is 11.2. The van der Waals surface area contributed by atoms with Crippen molar-refractivity contribution >= 4 is 17.2 Å². The molecule has 1 atom stereocenters. The molecule has 0 spiro atoms. The monoisotopic (exact) mass is 266 g/mol. The van der Waals surface area contributed by atoms with Gasteiger partial charge in [0, 0.05) is 14.1 Å². The summed E-state index contributed by atoms with van der Waals surface area (Å²) in [5, 5.41) is 4.66. The van der Waals surface area contributed by atoms with Crippen LogP contribution < -0.4 is 5.73 Å². The Bertz CT molecular complexity index is 558. The molecule has 18 heavy (non-hydrogen) atoms. The maximum Gasteiger partial charge on any atom is 0.265 e. The molecular formula is C10H14N6OS. The van der Waals surface area contributed by atoms with E-state index in [0.717, 1.165) is 0 Å². The Kier molecular flexibility index (Phi) is 3.39. The average molecular weight is 266 g/mol. The third kappa shape index (κ3) is 2.24. The Labute approximate surface area is 108 Å². The summed E-state index contributed by atoms with van der Waals surface area (Å²) in [6.07, 6.45) is 2.96. The van der Waals surface area contributed by atoms with Crippen LogP contribution in [0.15, 0.2) is 12.5 Å². The molecule has 2 N–H and O–H groups in total. The fourth-order valence-electron chi connectivity index (χ4n) is 1.39. The van der Waals surface area contributed by atoms with Crippen molar-refractivity contribution in [3.8, 4) is 5.13 Å². The normalized spacial score (nSPS) is 12.4. The largest absolute Gasteiger partial charge is 0.344 e. The van der Waals surface area contributed by atoms with Gasteiger partial charge in [0.15, 0.2) is 5.82 Å². The number of rotatable bonds is 3. The number of hydrogen-bond acceptors (Lipinski definition) is 6. The quantitative estimate of drug-likeness (QED) is 0.871. The number of nitrogens with two attached hydrogens (primary N) is 1. The number of aromatic nitrogens is 4. The molecule has 0 fully saturated rings. The highest BCUT2D eigenvalue weighted by molar-refractivity contribution is 7.16. The van der Waals surface area contributed by atoms with E-state index in [1.54, 1.807) is 18.8 Å². The average Bonchev–Trinajstić information content (AvgIpc) is 2.95. The van der Waals surface area contributed by atoms with Crippen LogP contribution in [0.5, 0.6) is 0 Å². The number of hydrogen-bond donors (Lipinski definition) is 1. The zero-order chi connectivity index (χ0) is 13.3. The van der Waals surface area contributed by atoms with Gasteiger partial charge in [0.25, 0.3) is 5.91 Å². The van der Waals surface area contributed by atoms with Crippen molar-refractivity contribution in [1.29, 1.82) is 0 Å². The summed E-state index contributed by atoms with van der Waals surface area (Å²) in [6, 6.07) is -0.246. The Morgan fingerprint density at radius 1 is 1.50 bits per heavy atom. The van der Waals surface area contributed by atoms with E-state index in [4.69, 9.17) is 5.73 Å². The molecule has 2 aromatic rings. The molecule has 7 nitrogen and oxygen atoms in total. The molecule has 0 saturated carbocycles. The lowest BCUT2D eigenvalue weighted by atomic mass is 10.3. The van der Waals surface area contributed by atoms with Gasteiger partial charge >= 0.3 is 0 Å². The van der Waals surface area contributed by atoms with Crippen LogP contribution >= 0.6 is 11.3 Å². The number of nitrogens with zero attached hydrogens (tertiary/aromatic N) is 5. The summed E-state index contributed by atoms with van der Waals surface area (Å²) < 4.78 is 1.56. The Morgan fingerprint density at radius 2 is 2.22 bits per heavy atom. The first-order chi connectivity index (χ1) is 8.50. The Hall–Kier alpha value is -1.80. The van der Waals surface area contributed by atoms with Crippen molar-refractivity contribution in [3.63, 3.8) is 0 Å². The molecule has 2 heterocycles. The SMILES string of the molecule is CC(N)c1ncnn1-c1ncc(C(=O)N(C)C)s1. The van der Waals surface area contributed by atoms with E-state index in [1.165, 1.54) is 28.8 Å². The molecule has 1 unspecified atom stereocenters. The van der Waals surface area contributed by atoms with Gasteiger partial charge in [0.1, 0.15) is 11.2 Å². The number of amides is 1. The van der Waals surface area contributed by atoms with Gasteiger partial charge in [-0.1, -0.05) is 11.3 Å². The van der Waals surface area contributed by atoms with Crippen LogP contribution in [0.4, 0.5) is 0 Å². The van der Waals surface area contributed by atoms with Gasteiger partial charge in [0.2, 0.25) is 5.13 Å². The molecule has 2 rings (SSSR count). The topological polar surface area (TPSA) is 89.9 Å². The van der Waals surface area contributed by atoms with Crippen LogP contribution in [0, 0.1) is 0 Å². The maximum absolute atomic E-state index is 11.8. The highest BCUT2D eigenvalue weighted by Gasteiger charge is 2.17. The molecule has 0 aliphatic rings. The summed E-state index contributed by atoms with van der Waals surface area (Å²) in [4.78, 5) is 22.1. The summed E-state index contributed by atoms with van der Waals surface area (Å²) in [5.41, 5.74) is 5.79. The molecule has 1 amide bonds. The predicted molar refractivity (Wildman–Crippen MR) is 67.7 cm³/mol. The van der Waals surface area contributed by atoms with Gasteiger partial charge < -0.3 is 10.6 Å². The van der Waals surface area contributed by atoms with Crippen LogP contribution in [-0.2, 0) is 0 Å². The first-order valence-electron chi connectivity index (χ1n) is 5.34. The van der Waals surface area contributed by atoms with E-state index in [1.807, 2.05) is 6.92 Å². The second kappa shape index (κ2) is 4.83. The molecule has 0 aliphatic carbocycles. The zero-order valence-electron chi connectivity index (χ0n) is 10.4. The second-order valence-corrected chi connectivity index (χ2v) is 5.03. The van der Waals surface area contributed by atoms with Crippen LogP contribution in [0.2, 0.25) is 0 Å². The van der Waals surface area contributed by atoms with E-state index < -0.39 is 0 Å². The molecule has 0 aromatic carbocycles. The number of thiazole rings is 1. The molecule has 0 bridgehead atoms. The molecule has 0 radical (unpaired) electrons. The lowest BCUT2D eigenvalue weighted by Gasteiger charge is -2.07. The minimum Gasteiger partial charge on any atom is -0.344 e. The van der Waals surface area contributed by atoms with Crippen LogP contribution in [-0.4, -0.2) is 44.7 Å². The second-order valence-electron chi connectivity index (χ2n) is 4.03. The molecule has 0 aliphatic heterocycles. The maximum atomic E-state index is 11.8. The first-order valence-corrected chi connectivity index (χ1v) is 6.15. The fourth-order valence-corrected chi connectivity index (χ4v) is 2.29. The van der Waals surface area contributed by atoms with Gasteiger partial charge in [0.05, 0.1) is 12.2 Å². The summed E-state index contributed by atoms with van der Waals surface area (Å²) in [7, 11) is 3.40. The lowest BCUT2D eigenvalue weighted by molar-refractivity contribution is 0.0832. The van der Waals surface area contributed by atoms with Crippen molar-refractivity contribution in [2.75, 3.05) is 14.1 Å². The number of carbonyl (C=O) groups excluding carboxylic acids is 1. The lowest BCUT2D eigenvalue weighted by Crippen LogP contribution is -2.20. The van der Waals surface area contributed by atoms with Crippen molar-refractivity contribution < 1.29 is 4.79 Å². The van der Waals surface area contributed by atoms with E-state index in [2.05, 4.69) is 15.1 Å². The van der Waals surface area contributed by atoms with Crippen LogP contribution in [0.25, 0.3) is 5.13 Å². The third-order valence-corrected chi connectivity index (χ3v) is 3.23.